The lowest BCUT2D eigenvalue weighted by molar-refractivity contribution is -0.146. The number of Topliss-reactive ketones (excluding diaryl/α,β-unsaturated/α-hetero) is 1. The van der Waals surface area contributed by atoms with Gasteiger partial charge in [0.05, 0.1) is 21.7 Å². The quantitative estimate of drug-likeness (QED) is 0.860. The fourth-order valence-electron chi connectivity index (χ4n) is 1.93. The number of benzene rings is 1. The van der Waals surface area contributed by atoms with Crippen LogP contribution in [0.15, 0.2) is 18.2 Å². The summed E-state index contributed by atoms with van der Waals surface area (Å²) in [7, 11) is 0. The molecule has 0 saturated carbocycles. The Bertz CT molecular complexity index is 594. The fourth-order valence-corrected chi connectivity index (χ4v) is 2.20. The molecule has 1 aliphatic heterocycles. The molecule has 5 nitrogen and oxygen atoms in total. The molecule has 0 saturated heterocycles. The maximum absolute atomic E-state index is 11.9. The summed E-state index contributed by atoms with van der Waals surface area (Å²) in [5.74, 6) is -2.44. The molecular formula is C13H12ClNO4. The van der Waals surface area contributed by atoms with Gasteiger partial charge in [-0.05, 0) is 26.0 Å². The molecular weight excluding hydrogens is 270 g/mol. The van der Waals surface area contributed by atoms with Gasteiger partial charge in [-0.3, -0.25) is 14.4 Å². The third-order valence-electron chi connectivity index (χ3n) is 3.07. The first-order chi connectivity index (χ1) is 8.75. The molecule has 1 amide bonds. The van der Waals surface area contributed by atoms with Gasteiger partial charge in [0.15, 0.2) is 0 Å². The van der Waals surface area contributed by atoms with Crippen LogP contribution in [0.1, 0.15) is 24.2 Å². The molecule has 1 aromatic carbocycles. The van der Waals surface area contributed by atoms with E-state index in [0.717, 1.165) is 4.90 Å². The average Bonchev–Trinajstić information content (AvgIpc) is 2.55. The molecule has 0 aliphatic carbocycles. The number of carbonyl (C=O) groups is 3. The van der Waals surface area contributed by atoms with Crippen LogP contribution < -0.4 is 4.90 Å². The van der Waals surface area contributed by atoms with Crippen LogP contribution in [0.4, 0.5) is 5.69 Å². The normalized spacial score (nSPS) is 14.8. The number of para-hydroxylation sites is 1. The van der Waals surface area contributed by atoms with Crippen LogP contribution in [0.3, 0.4) is 0 Å². The Balaban J connectivity index is 2.47. The van der Waals surface area contributed by atoms with E-state index in [-0.39, 0.29) is 17.1 Å². The van der Waals surface area contributed by atoms with E-state index in [1.807, 2.05) is 0 Å². The van der Waals surface area contributed by atoms with Crippen LogP contribution in [0.25, 0.3) is 0 Å². The molecule has 0 bridgehead atoms. The first-order valence-corrected chi connectivity index (χ1v) is 6.01. The lowest BCUT2D eigenvalue weighted by Gasteiger charge is -2.26. The van der Waals surface area contributed by atoms with Crippen LogP contribution in [-0.4, -0.2) is 29.3 Å². The van der Waals surface area contributed by atoms with Crippen LogP contribution in [-0.2, 0) is 9.59 Å². The minimum Gasteiger partial charge on any atom is -0.481 e. The minimum atomic E-state index is -1.17. The Morgan fingerprint density at radius 3 is 2.58 bits per heavy atom. The number of carboxylic acid groups (broad SMARTS) is 1. The zero-order chi connectivity index (χ0) is 14.4. The van der Waals surface area contributed by atoms with Gasteiger partial charge in [-0.25, -0.2) is 0 Å². The number of carbonyl (C=O) groups excluding carboxylic acids is 2. The van der Waals surface area contributed by atoms with E-state index in [9.17, 15) is 14.4 Å². The number of hydrogen-bond acceptors (Lipinski definition) is 3. The maximum atomic E-state index is 11.9. The molecule has 1 heterocycles. The molecule has 1 aromatic rings. The Hall–Kier alpha value is -1.88. The number of fused-ring (bicyclic) bond motifs is 1. The van der Waals surface area contributed by atoms with E-state index in [4.69, 9.17) is 16.7 Å². The topological polar surface area (TPSA) is 74.7 Å². The summed E-state index contributed by atoms with van der Waals surface area (Å²) in [6.45, 7) is 2.87. The smallest absolute Gasteiger partial charge is 0.310 e. The van der Waals surface area contributed by atoms with Crippen LogP contribution >= 0.6 is 11.6 Å². The second-order valence-electron chi connectivity index (χ2n) is 5.05. The first kappa shape index (κ1) is 13.5. The standard InChI is InChI=1S/C13H12ClNO4/c1-13(2,12(18)19)6-15-9-7(10(16)11(15)17)4-3-5-8(9)14/h3-5H,6H2,1-2H3,(H,18,19). The zero-order valence-corrected chi connectivity index (χ0v) is 11.2. The second kappa shape index (κ2) is 4.35. The van der Waals surface area contributed by atoms with Crippen LogP contribution in [0.2, 0.25) is 5.02 Å². The first-order valence-electron chi connectivity index (χ1n) is 5.64. The molecule has 2 rings (SSSR count). The van der Waals surface area contributed by atoms with E-state index < -0.39 is 23.1 Å². The highest BCUT2D eigenvalue weighted by Gasteiger charge is 2.41. The van der Waals surface area contributed by atoms with Crippen molar-refractivity contribution in [2.24, 2.45) is 5.41 Å². The Labute approximate surface area is 114 Å². The molecule has 0 fully saturated rings. The van der Waals surface area contributed by atoms with E-state index in [1.54, 1.807) is 12.1 Å². The van der Waals surface area contributed by atoms with E-state index in [0.29, 0.717) is 5.69 Å². The molecule has 0 spiro atoms. The lowest BCUT2D eigenvalue weighted by atomic mass is 9.93. The Morgan fingerprint density at radius 1 is 1.37 bits per heavy atom. The van der Waals surface area contributed by atoms with Crippen molar-refractivity contribution in [3.63, 3.8) is 0 Å². The molecule has 0 unspecified atom stereocenters. The van der Waals surface area contributed by atoms with Crippen molar-refractivity contribution < 1.29 is 19.5 Å². The SMILES string of the molecule is CC(C)(CN1C(=O)C(=O)c2cccc(Cl)c21)C(=O)O. The maximum Gasteiger partial charge on any atom is 0.310 e. The molecule has 1 aliphatic rings. The van der Waals surface area contributed by atoms with Crippen LogP contribution in [0.5, 0.6) is 0 Å². The monoisotopic (exact) mass is 281 g/mol. The molecule has 19 heavy (non-hydrogen) atoms. The van der Waals surface area contributed by atoms with Crippen molar-refractivity contribution in [3.8, 4) is 0 Å². The zero-order valence-electron chi connectivity index (χ0n) is 10.4. The van der Waals surface area contributed by atoms with Gasteiger partial charge in [0.1, 0.15) is 0 Å². The summed E-state index contributed by atoms with van der Waals surface area (Å²) in [5, 5.41) is 9.38. The highest BCUT2D eigenvalue weighted by atomic mass is 35.5. The summed E-state index contributed by atoms with van der Waals surface area (Å²) < 4.78 is 0. The van der Waals surface area contributed by atoms with Crippen molar-refractivity contribution in [2.75, 3.05) is 11.4 Å². The number of nitrogens with zero attached hydrogens (tertiary/aromatic N) is 1. The molecule has 0 radical (unpaired) electrons. The number of aliphatic carboxylic acids is 1. The summed E-state index contributed by atoms with van der Waals surface area (Å²) in [6.07, 6.45) is 0. The molecule has 6 heteroatoms. The van der Waals surface area contributed by atoms with Gasteiger partial charge < -0.3 is 10.0 Å². The number of amides is 1. The number of rotatable bonds is 3. The van der Waals surface area contributed by atoms with Crippen LogP contribution in [0, 0.1) is 5.41 Å². The van der Waals surface area contributed by atoms with E-state index in [2.05, 4.69) is 0 Å². The van der Waals surface area contributed by atoms with Gasteiger partial charge in [-0.15, -0.1) is 0 Å². The third kappa shape index (κ3) is 2.10. The molecule has 100 valence electrons. The minimum absolute atomic E-state index is 0.107. The second-order valence-corrected chi connectivity index (χ2v) is 5.45. The van der Waals surface area contributed by atoms with Gasteiger partial charge in [-0.2, -0.15) is 0 Å². The van der Waals surface area contributed by atoms with Crippen molar-refractivity contribution in [1.82, 2.24) is 0 Å². The summed E-state index contributed by atoms with van der Waals surface area (Å²) >= 11 is 6.01. The Kier molecular flexibility index (Phi) is 3.10. The predicted molar refractivity (Wildman–Crippen MR) is 69.6 cm³/mol. The predicted octanol–water partition coefficient (Wildman–Crippen LogP) is 1.98. The van der Waals surface area contributed by atoms with Crippen molar-refractivity contribution in [2.45, 2.75) is 13.8 Å². The number of halogens is 1. The third-order valence-corrected chi connectivity index (χ3v) is 3.38. The number of anilines is 1. The summed E-state index contributed by atoms with van der Waals surface area (Å²) in [6, 6.07) is 4.65. The highest BCUT2D eigenvalue weighted by molar-refractivity contribution is 6.54. The number of ketones is 1. The van der Waals surface area contributed by atoms with Gasteiger partial charge in [0.2, 0.25) is 0 Å². The fraction of sp³-hybridized carbons (Fsp3) is 0.308. The molecule has 0 aromatic heterocycles. The Morgan fingerprint density at radius 2 is 2.00 bits per heavy atom. The van der Waals surface area contributed by atoms with Crippen molar-refractivity contribution in [3.05, 3.63) is 28.8 Å². The molecule has 1 N–H and O–H groups in total. The van der Waals surface area contributed by atoms with Crippen molar-refractivity contribution in [1.29, 1.82) is 0 Å². The van der Waals surface area contributed by atoms with Gasteiger partial charge >= 0.3 is 5.97 Å². The highest BCUT2D eigenvalue weighted by Crippen LogP contribution is 2.37. The van der Waals surface area contributed by atoms with Gasteiger partial charge in [-0.1, -0.05) is 17.7 Å². The summed E-state index contributed by atoms with van der Waals surface area (Å²) in [5.41, 5.74) is -0.649. The molecule has 0 atom stereocenters. The summed E-state index contributed by atoms with van der Waals surface area (Å²) in [4.78, 5) is 36.0. The number of hydrogen-bond donors (Lipinski definition) is 1. The van der Waals surface area contributed by atoms with Gasteiger partial charge in [0.25, 0.3) is 11.7 Å². The lowest BCUT2D eigenvalue weighted by Crippen LogP contribution is -2.42. The largest absolute Gasteiger partial charge is 0.481 e. The van der Waals surface area contributed by atoms with Gasteiger partial charge in [0, 0.05) is 6.54 Å². The average molecular weight is 282 g/mol. The van der Waals surface area contributed by atoms with E-state index in [1.165, 1.54) is 19.9 Å². The van der Waals surface area contributed by atoms with Crippen molar-refractivity contribution >= 4 is 34.9 Å². The van der Waals surface area contributed by atoms with E-state index >= 15 is 0 Å². The number of carboxylic acids is 1.